The fourth-order valence-electron chi connectivity index (χ4n) is 3.96. The summed E-state index contributed by atoms with van der Waals surface area (Å²) in [6, 6.07) is 19.5. The van der Waals surface area contributed by atoms with Crippen molar-refractivity contribution in [2.24, 2.45) is 0 Å². The SMILES string of the molecule is COC(=O)c1cc(-c2ccc(NC(=O)c3cccc(-c4c(OC)cc(OC)cc4OC)c3)cc2)oc1C. The van der Waals surface area contributed by atoms with Gasteiger partial charge in [-0.05, 0) is 55.0 Å². The van der Waals surface area contributed by atoms with Gasteiger partial charge in [0.2, 0.25) is 0 Å². The molecule has 8 nitrogen and oxygen atoms in total. The maximum Gasteiger partial charge on any atom is 0.341 e. The van der Waals surface area contributed by atoms with Crippen molar-refractivity contribution in [3.63, 3.8) is 0 Å². The number of carbonyl (C=O) groups is 2. The zero-order valence-corrected chi connectivity index (χ0v) is 21.2. The van der Waals surface area contributed by atoms with Gasteiger partial charge in [0.05, 0.1) is 34.0 Å². The summed E-state index contributed by atoms with van der Waals surface area (Å²) in [5.41, 5.74) is 3.68. The van der Waals surface area contributed by atoms with Gasteiger partial charge in [-0.3, -0.25) is 4.79 Å². The maximum atomic E-state index is 13.1. The van der Waals surface area contributed by atoms with Gasteiger partial charge in [-0.1, -0.05) is 12.1 Å². The van der Waals surface area contributed by atoms with E-state index in [9.17, 15) is 9.59 Å². The number of methoxy groups -OCH3 is 4. The molecule has 0 bridgehead atoms. The Morgan fingerprint density at radius 2 is 1.46 bits per heavy atom. The lowest BCUT2D eigenvalue weighted by Crippen LogP contribution is -2.11. The third-order valence-corrected chi connectivity index (χ3v) is 5.88. The second kappa shape index (κ2) is 10.9. The van der Waals surface area contributed by atoms with Crippen molar-refractivity contribution in [1.82, 2.24) is 0 Å². The van der Waals surface area contributed by atoms with Crippen LogP contribution in [-0.4, -0.2) is 40.3 Å². The van der Waals surface area contributed by atoms with Crippen LogP contribution in [0.5, 0.6) is 17.2 Å². The topological polar surface area (TPSA) is 96.2 Å². The Kier molecular flexibility index (Phi) is 7.48. The molecule has 1 N–H and O–H groups in total. The van der Waals surface area contributed by atoms with E-state index < -0.39 is 5.97 Å². The average Bonchev–Trinajstić information content (AvgIpc) is 3.33. The lowest BCUT2D eigenvalue weighted by atomic mass is 10.00. The second-order valence-electron chi connectivity index (χ2n) is 8.09. The van der Waals surface area contributed by atoms with E-state index in [1.807, 2.05) is 6.07 Å². The van der Waals surface area contributed by atoms with Gasteiger partial charge in [0.25, 0.3) is 5.91 Å². The number of benzene rings is 3. The summed E-state index contributed by atoms with van der Waals surface area (Å²) in [7, 11) is 6.03. The minimum atomic E-state index is -0.455. The normalized spacial score (nSPS) is 10.5. The number of ether oxygens (including phenoxy) is 4. The molecule has 0 saturated heterocycles. The summed E-state index contributed by atoms with van der Waals surface area (Å²) in [5, 5.41) is 2.91. The van der Waals surface area contributed by atoms with Crippen LogP contribution in [0.2, 0.25) is 0 Å². The highest BCUT2D eigenvalue weighted by atomic mass is 16.5. The summed E-state index contributed by atoms with van der Waals surface area (Å²) in [5.74, 6) is 2.00. The Balaban J connectivity index is 1.56. The van der Waals surface area contributed by atoms with Gasteiger partial charge in [0.1, 0.15) is 34.3 Å². The molecule has 0 aliphatic carbocycles. The second-order valence-corrected chi connectivity index (χ2v) is 8.09. The summed E-state index contributed by atoms with van der Waals surface area (Å²) >= 11 is 0. The number of anilines is 1. The summed E-state index contributed by atoms with van der Waals surface area (Å²) in [6.07, 6.45) is 0. The first-order valence-electron chi connectivity index (χ1n) is 11.4. The first kappa shape index (κ1) is 25.4. The van der Waals surface area contributed by atoms with Crippen LogP contribution in [-0.2, 0) is 4.74 Å². The number of aryl methyl sites for hydroxylation is 1. The van der Waals surface area contributed by atoms with Crippen LogP contribution in [0.15, 0.2) is 71.1 Å². The molecule has 0 fully saturated rings. The molecule has 37 heavy (non-hydrogen) atoms. The van der Waals surface area contributed by atoms with Gasteiger partial charge in [-0.15, -0.1) is 0 Å². The van der Waals surface area contributed by atoms with Crippen LogP contribution in [0.3, 0.4) is 0 Å². The van der Waals surface area contributed by atoms with Gasteiger partial charge in [-0.2, -0.15) is 0 Å². The third kappa shape index (κ3) is 5.28. The highest BCUT2D eigenvalue weighted by Crippen LogP contribution is 2.42. The molecule has 0 aliphatic heterocycles. The molecule has 1 aromatic heterocycles. The standard InChI is InChI=1S/C29H27NO7/c1-17-23(29(32)36-5)16-24(37-17)18-9-11-21(12-10-18)30-28(31)20-8-6-7-19(13-20)27-25(34-3)14-22(33-2)15-26(27)35-4/h6-16H,1-5H3,(H,30,31). The Morgan fingerprint density at radius 1 is 0.784 bits per heavy atom. The van der Waals surface area contributed by atoms with E-state index in [2.05, 4.69) is 5.32 Å². The highest BCUT2D eigenvalue weighted by Gasteiger charge is 2.18. The van der Waals surface area contributed by atoms with Crippen molar-refractivity contribution >= 4 is 17.6 Å². The lowest BCUT2D eigenvalue weighted by molar-refractivity contribution is 0.0598. The Bertz CT molecular complexity index is 1410. The summed E-state index contributed by atoms with van der Waals surface area (Å²) < 4.78 is 26.9. The Labute approximate surface area is 214 Å². The van der Waals surface area contributed by atoms with Crippen LogP contribution in [0.1, 0.15) is 26.5 Å². The fourth-order valence-corrected chi connectivity index (χ4v) is 3.96. The van der Waals surface area contributed by atoms with Crippen LogP contribution in [0.4, 0.5) is 5.69 Å². The van der Waals surface area contributed by atoms with E-state index in [0.717, 1.165) is 11.1 Å². The minimum Gasteiger partial charge on any atom is -0.496 e. The number of amides is 1. The molecule has 0 spiro atoms. The predicted octanol–water partition coefficient (Wildman–Crippen LogP) is 5.99. The van der Waals surface area contributed by atoms with Crippen LogP contribution >= 0.6 is 0 Å². The molecule has 8 heteroatoms. The molecule has 4 aromatic rings. The number of esters is 1. The van der Waals surface area contributed by atoms with E-state index in [4.69, 9.17) is 23.4 Å². The van der Waals surface area contributed by atoms with E-state index in [1.54, 1.807) is 88.9 Å². The van der Waals surface area contributed by atoms with Gasteiger partial charge >= 0.3 is 5.97 Å². The summed E-state index contributed by atoms with van der Waals surface area (Å²) in [4.78, 5) is 24.9. The monoisotopic (exact) mass is 501 g/mol. The predicted molar refractivity (Wildman–Crippen MR) is 140 cm³/mol. The lowest BCUT2D eigenvalue weighted by Gasteiger charge is -2.16. The molecule has 3 aromatic carbocycles. The van der Waals surface area contributed by atoms with Crippen LogP contribution < -0.4 is 19.5 Å². The molecular formula is C29H27NO7. The fraction of sp³-hybridized carbons (Fsp3) is 0.172. The van der Waals surface area contributed by atoms with Gasteiger partial charge in [0.15, 0.2) is 0 Å². The Hall–Kier alpha value is -4.72. The highest BCUT2D eigenvalue weighted by molar-refractivity contribution is 6.05. The van der Waals surface area contributed by atoms with Crippen molar-refractivity contribution in [2.45, 2.75) is 6.92 Å². The largest absolute Gasteiger partial charge is 0.496 e. The number of rotatable bonds is 8. The van der Waals surface area contributed by atoms with Crippen molar-refractivity contribution in [2.75, 3.05) is 33.8 Å². The molecule has 1 amide bonds. The minimum absolute atomic E-state index is 0.275. The smallest absolute Gasteiger partial charge is 0.341 e. The van der Waals surface area contributed by atoms with E-state index >= 15 is 0 Å². The van der Waals surface area contributed by atoms with E-state index in [0.29, 0.717) is 51.1 Å². The number of hydrogen-bond donors (Lipinski definition) is 1. The zero-order valence-electron chi connectivity index (χ0n) is 21.2. The van der Waals surface area contributed by atoms with Gasteiger partial charge < -0.3 is 28.7 Å². The zero-order chi connectivity index (χ0) is 26.5. The maximum absolute atomic E-state index is 13.1. The summed E-state index contributed by atoms with van der Waals surface area (Å²) in [6.45, 7) is 1.70. The molecule has 0 saturated carbocycles. The number of furan rings is 1. The number of nitrogens with one attached hydrogen (secondary N) is 1. The first-order valence-corrected chi connectivity index (χ1v) is 11.4. The Morgan fingerprint density at radius 3 is 2.05 bits per heavy atom. The van der Waals surface area contributed by atoms with Crippen molar-refractivity contribution in [3.8, 4) is 39.7 Å². The molecule has 0 unspecified atom stereocenters. The molecule has 0 atom stereocenters. The van der Waals surface area contributed by atoms with Crippen molar-refractivity contribution in [1.29, 1.82) is 0 Å². The van der Waals surface area contributed by atoms with E-state index in [-0.39, 0.29) is 5.91 Å². The molecule has 4 rings (SSSR count). The van der Waals surface area contributed by atoms with Gasteiger partial charge in [0, 0.05) is 28.9 Å². The molecule has 190 valence electrons. The van der Waals surface area contributed by atoms with Crippen molar-refractivity contribution < 1.29 is 33.0 Å². The van der Waals surface area contributed by atoms with Crippen molar-refractivity contribution in [3.05, 3.63) is 83.6 Å². The number of carbonyl (C=O) groups excluding carboxylic acids is 2. The first-order chi connectivity index (χ1) is 17.9. The molecule has 1 heterocycles. The average molecular weight is 502 g/mol. The van der Waals surface area contributed by atoms with Gasteiger partial charge in [-0.25, -0.2) is 4.79 Å². The van der Waals surface area contributed by atoms with E-state index in [1.165, 1.54) is 7.11 Å². The van der Waals surface area contributed by atoms with Crippen LogP contribution in [0, 0.1) is 6.92 Å². The quantitative estimate of drug-likeness (QED) is 0.296. The third-order valence-electron chi connectivity index (χ3n) is 5.88. The molecule has 0 aliphatic rings. The molecular weight excluding hydrogens is 474 g/mol. The molecule has 0 radical (unpaired) electrons. The van der Waals surface area contributed by atoms with Crippen LogP contribution in [0.25, 0.3) is 22.5 Å². The number of hydrogen-bond acceptors (Lipinski definition) is 7.